The van der Waals surface area contributed by atoms with Crippen molar-refractivity contribution >= 4 is 45.4 Å². The number of nitrogens with one attached hydrogen (secondary N) is 2. The van der Waals surface area contributed by atoms with E-state index >= 15 is 0 Å². The number of aromatic nitrogens is 1. The number of hydrogen-bond donors (Lipinski definition) is 3. The molecule has 1 aromatic rings. The van der Waals surface area contributed by atoms with Gasteiger partial charge in [0.1, 0.15) is 17.6 Å². The molecule has 1 aromatic heterocycles. The standard InChI is InChI=1S/C20H25BrF3N5O4/c1-19(2,3)15(29-13(30)6-7-14(29)31)18(33)26-9-10(8-20(22,23)24)27-17(32)12-5-4-11(21)16(25)28-12/h4-5,10,15H,6-9H2,1-3H3,(H2,25,28)(H,26,33)(H,27,32). The Hall–Kier alpha value is -2.70. The van der Waals surface area contributed by atoms with Gasteiger partial charge in [-0.25, -0.2) is 4.98 Å². The van der Waals surface area contributed by atoms with Crippen molar-refractivity contribution in [1.82, 2.24) is 20.5 Å². The second kappa shape index (κ2) is 10.1. The van der Waals surface area contributed by atoms with Gasteiger partial charge in [0.05, 0.1) is 16.9 Å². The second-order valence-corrected chi connectivity index (χ2v) is 9.58. The molecule has 13 heteroatoms. The maximum Gasteiger partial charge on any atom is 0.391 e. The third-order valence-electron chi connectivity index (χ3n) is 4.86. The number of nitrogen functional groups attached to an aromatic ring is 1. The first-order chi connectivity index (χ1) is 15.1. The monoisotopic (exact) mass is 535 g/mol. The molecule has 2 rings (SSSR count). The highest BCUT2D eigenvalue weighted by Crippen LogP contribution is 2.29. The molecular formula is C20H25BrF3N5O4. The molecule has 33 heavy (non-hydrogen) atoms. The lowest BCUT2D eigenvalue weighted by atomic mass is 9.85. The highest BCUT2D eigenvalue weighted by molar-refractivity contribution is 9.10. The molecule has 4 amide bonds. The Labute approximate surface area is 196 Å². The van der Waals surface area contributed by atoms with Crippen LogP contribution < -0.4 is 16.4 Å². The first kappa shape index (κ1) is 26.6. The summed E-state index contributed by atoms with van der Waals surface area (Å²) in [6.45, 7) is 4.32. The molecule has 182 valence electrons. The van der Waals surface area contributed by atoms with Crippen molar-refractivity contribution in [3.8, 4) is 0 Å². The lowest BCUT2D eigenvalue weighted by Gasteiger charge is -2.35. The predicted octanol–water partition coefficient (Wildman–Crippen LogP) is 2.16. The van der Waals surface area contributed by atoms with Crippen LogP contribution in [0, 0.1) is 5.41 Å². The van der Waals surface area contributed by atoms with Gasteiger partial charge >= 0.3 is 6.18 Å². The van der Waals surface area contributed by atoms with E-state index in [-0.39, 0.29) is 24.4 Å². The summed E-state index contributed by atoms with van der Waals surface area (Å²) in [6, 6.07) is -0.0384. The molecule has 1 aliphatic rings. The summed E-state index contributed by atoms with van der Waals surface area (Å²) < 4.78 is 39.7. The molecule has 1 saturated heterocycles. The zero-order valence-electron chi connectivity index (χ0n) is 18.3. The largest absolute Gasteiger partial charge is 0.391 e. The Kier molecular flexibility index (Phi) is 8.09. The van der Waals surface area contributed by atoms with E-state index in [0.29, 0.717) is 4.47 Å². The van der Waals surface area contributed by atoms with E-state index in [1.807, 2.05) is 0 Å². The number of alkyl halides is 3. The van der Waals surface area contributed by atoms with Crippen LogP contribution in [0.1, 0.15) is 50.5 Å². The topological polar surface area (TPSA) is 134 Å². The predicted molar refractivity (Wildman–Crippen MR) is 116 cm³/mol. The zero-order chi connectivity index (χ0) is 25.1. The number of carbonyl (C=O) groups is 4. The molecule has 0 aromatic carbocycles. The molecule has 1 aliphatic heterocycles. The SMILES string of the molecule is CC(C)(C)C(C(=O)NCC(CC(F)(F)F)NC(=O)c1ccc(Br)c(N)n1)N1C(=O)CCC1=O. The van der Waals surface area contributed by atoms with Crippen LogP contribution in [0.3, 0.4) is 0 Å². The van der Waals surface area contributed by atoms with Crippen molar-refractivity contribution in [2.24, 2.45) is 5.41 Å². The molecule has 9 nitrogen and oxygen atoms in total. The fourth-order valence-corrected chi connectivity index (χ4v) is 3.62. The van der Waals surface area contributed by atoms with Crippen LogP contribution in [0.15, 0.2) is 16.6 Å². The van der Waals surface area contributed by atoms with Crippen molar-refractivity contribution < 1.29 is 32.3 Å². The minimum Gasteiger partial charge on any atom is -0.383 e. The molecule has 0 bridgehead atoms. The number of pyridine rings is 1. The van der Waals surface area contributed by atoms with Crippen LogP contribution in [-0.2, 0) is 14.4 Å². The molecule has 2 heterocycles. The van der Waals surface area contributed by atoms with Crippen molar-refractivity contribution in [1.29, 1.82) is 0 Å². The van der Waals surface area contributed by atoms with Crippen molar-refractivity contribution in [3.63, 3.8) is 0 Å². The highest BCUT2D eigenvalue weighted by atomic mass is 79.9. The van der Waals surface area contributed by atoms with Gasteiger partial charge in [0.2, 0.25) is 17.7 Å². The van der Waals surface area contributed by atoms with Gasteiger partial charge in [-0.1, -0.05) is 20.8 Å². The van der Waals surface area contributed by atoms with Gasteiger partial charge in [-0.2, -0.15) is 13.2 Å². The molecule has 2 atom stereocenters. The van der Waals surface area contributed by atoms with Gasteiger partial charge < -0.3 is 16.4 Å². The van der Waals surface area contributed by atoms with Gasteiger partial charge in [-0.3, -0.25) is 24.1 Å². The fourth-order valence-electron chi connectivity index (χ4n) is 3.40. The third kappa shape index (κ3) is 7.14. The maximum absolute atomic E-state index is 13.1. The summed E-state index contributed by atoms with van der Waals surface area (Å²) in [6.07, 6.45) is -6.13. The summed E-state index contributed by atoms with van der Waals surface area (Å²) in [5, 5.41) is 4.56. The lowest BCUT2D eigenvalue weighted by Crippen LogP contribution is -2.57. The average molecular weight is 536 g/mol. The Bertz CT molecular complexity index is 933. The smallest absolute Gasteiger partial charge is 0.383 e. The number of hydrogen-bond acceptors (Lipinski definition) is 6. The van der Waals surface area contributed by atoms with Crippen LogP contribution in [0.25, 0.3) is 0 Å². The quantitative estimate of drug-likeness (QED) is 0.458. The number of nitrogens with zero attached hydrogens (tertiary/aromatic N) is 2. The zero-order valence-corrected chi connectivity index (χ0v) is 19.8. The van der Waals surface area contributed by atoms with E-state index in [9.17, 15) is 32.3 Å². The highest BCUT2D eigenvalue weighted by Gasteiger charge is 2.45. The van der Waals surface area contributed by atoms with E-state index in [0.717, 1.165) is 4.90 Å². The van der Waals surface area contributed by atoms with E-state index in [4.69, 9.17) is 5.73 Å². The lowest BCUT2D eigenvalue weighted by molar-refractivity contribution is -0.150. The number of likely N-dealkylation sites (tertiary alicyclic amines) is 1. The van der Waals surface area contributed by atoms with E-state index in [1.54, 1.807) is 20.8 Å². The Morgan fingerprint density at radius 1 is 1.18 bits per heavy atom. The third-order valence-corrected chi connectivity index (χ3v) is 5.53. The number of imide groups is 1. The maximum atomic E-state index is 13.1. The number of rotatable bonds is 7. The number of anilines is 1. The van der Waals surface area contributed by atoms with Crippen LogP contribution in [0.2, 0.25) is 0 Å². The molecule has 0 radical (unpaired) electrons. The summed E-state index contributed by atoms with van der Waals surface area (Å²) in [5.41, 5.74) is 4.54. The second-order valence-electron chi connectivity index (χ2n) is 8.72. The fraction of sp³-hybridized carbons (Fsp3) is 0.550. The summed E-state index contributed by atoms with van der Waals surface area (Å²) >= 11 is 3.11. The van der Waals surface area contributed by atoms with Gasteiger partial charge in [0.15, 0.2) is 0 Å². The molecule has 2 unspecified atom stereocenters. The number of carbonyl (C=O) groups excluding carboxylic acids is 4. The van der Waals surface area contributed by atoms with Crippen LogP contribution in [0.4, 0.5) is 19.0 Å². The number of halogens is 4. The van der Waals surface area contributed by atoms with Crippen molar-refractivity contribution in [3.05, 3.63) is 22.3 Å². The normalized spacial score (nSPS) is 16.5. The van der Waals surface area contributed by atoms with Gasteiger partial charge in [0.25, 0.3) is 5.91 Å². The number of amides is 4. The minimum atomic E-state index is -4.64. The molecule has 1 fully saturated rings. The first-order valence-corrected chi connectivity index (χ1v) is 10.8. The van der Waals surface area contributed by atoms with Crippen LogP contribution in [-0.4, -0.2) is 58.3 Å². The van der Waals surface area contributed by atoms with E-state index in [2.05, 4.69) is 31.5 Å². The molecule has 0 aliphatic carbocycles. The molecule has 0 saturated carbocycles. The van der Waals surface area contributed by atoms with Gasteiger partial charge in [0, 0.05) is 19.4 Å². The first-order valence-electron chi connectivity index (χ1n) is 10.0. The molecule has 0 spiro atoms. The van der Waals surface area contributed by atoms with Crippen molar-refractivity contribution in [2.45, 2.75) is 58.3 Å². The molecular weight excluding hydrogens is 511 g/mol. The van der Waals surface area contributed by atoms with Gasteiger partial charge in [-0.05, 0) is 33.5 Å². The van der Waals surface area contributed by atoms with E-state index in [1.165, 1.54) is 12.1 Å². The molecule has 4 N–H and O–H groups in total. The Morgan fingerprint density at radius 2 is 1.76 bits per heavy atom. The minimum absolute atomic E-state index is 0.0173. The van der Waals surface area contributed by atoms with Crippen LogP contribution in [0.5, 0.6) is 0 Å². The van der Waals surface area contributed by atoms with E-state index < -0.39 is 60.3 Å². The van der Waals surface area contributed by atoms with Crippen molar-refractivity contribution in [2.75, 3.05) is 12.3 Å². The summed E-state index contributed by atoms with van der Waals surface area (Å²) in [4.78, 5) is 54.3. The Morgan fingerprint density at radius 3 is 2.24 bits per heavy atom. The Balaban J connectivity index is 2.17. The average Bonchev–Trinajstić information content (AvgIpc) is 2.98. The summed E-state index contributed by atoms with van der Waals surface area (Å²) in [7, 11) is 0. The van der Waals surface area contributed by atoms with Gasteiger partial charge in [-0.15, -0.1) is 0 Å². The summed E-state index contributed by atoms with van der Waals surface area (Å²) in [5.74, 6) is -2.76. The number of nitrogens with two attached hydrogens (primary N) is 1. The van der Waals surface area contributed by atoms with Crippen LogP contribution >= 0.6 is 15.9 Å².